The predicted molar refractivity (Wildman–Crippen MR) is 80.9 cm³/mol. The van der Waals surface area contributed by atoms with Gasteiger partial charge in [0.15, 0.2) is 5.11 Å². The summed E-state index contributed by atoms with van der Waals surface area (Å²) in [6, 6.07) is 10.1. The number of anilines is 1. The molecule has 0 atom stereocenters. The highest BCUT2D eigenvalue weighted by molar-refractivity contribution is 7.80. The van der Waals surface area contributed by atoms with Crippen molar-refractivity contribution in [2.75, 3.05) is 32.0 Å². The van der Waals surface area contributed by atoms with E-state index >= 15 is 0 Å². The molecule has 0 saturated carbocycles. The topological polar surface area (TPSA) is 18.5 Å². The lowest BCUT2D eigenvalue weighted by atomic mass is 10.0. The number of para-hydroxylation sites is 1. The Kier molecular flexibility index (Phi) is 3.88. The first kappa shape index (κ1) is 13.3. The Morgan fingerprint density at radius 2 is 1.89 bits per heavy atom. The van der Waals surface area contributed by atoms with Gasteiger partial charge in [0.25, 0.3) is 0 Å². The summed E-state index contributed by atoms with van der Waals surface area (Å²) >= 11 is 5.49. The van der Waals surface area contributed by atoms with Gasteiger partial charge in [0.2, 0.25) is 0 Å². The zero-order valence-corrected chi connectivity index (χ0v) is 12.1. The van der Waals surface area contributed by atoms with Crippen LogP contribution in [-0.4, -0.2) is 47.1 Å². The molecule has 1 fully saturated rings. The van der Waals surface area contributed by atoms with Crippen molar-refractivity contribution in [2.24, 2.45) is 0 Å². The van der Waals surface area contributed by atoms with Gasteiger partial charge in [0, 0.05) is 30.9 Å². The van der Waals surface area contributed by atoms with Crippen LogP contribution in [0.4, 0.5) is 5.69 Å². The molecule has 18 heavy (non-hydrogen) atoms. The largest absolute Gasteiger partial charge is 0.346 e. The lowest BCUT2D eigenvalue weighted by Gasteiger charge is -2.46. The molecule has 0 unspecified atom stereocenters. The highest BCUT2D eigenvalue weighted by Crippen LogP contribution is 2.19. The Balaban J connectivity index is 1.98. The molecule has 1 heterocycles. The molecule has 0 spiro atoms. The average Bonchev–Trinajstić information content (AvgIpc) is 2.34. The van der Waals surface area contributed by atoms with Crippen LogP contribution in [0.15, 0.2) is 30.3 Å². The highest BCUT2D eigenvalue weighted by Gasteiger charge is 2.31. The number of thiocarbonyl (C=S) groups is 1. The zero-order valence-electron chi connectivity index (χ0n) is 11.3. The zero-order chi connectivity index (χ0) is 13.2. The molecule has 1 aromatic rings. The van der Waals surface area contributed by atoms with Crippen LogP contribution in [-0.2, 0) is 0 Å². The number of piperazine rings is 1. The normalized spacial score (nSPS) is 19.6. The summed E-state index contributed by atoms with van der Waals surface area (Å²) < 4.78 is 0. The van der Waals surface area contributed by atoms with Crippen molar-refractivity contribution in [2.45, 2.75) is 19.4 Å². The molecule has 1 aromatic carbocycles. The van der Waals surface area contributed by atoms with E-state index in [1.165, 1.54) is 0 Å². The van der Waals surface area contributed by atoms with Crippen LogP contribution in [0.1, 0.15) is 13.8 Å². The fourth-order valence-electron chi connectivity index (χ4n) is 2.14. The lowest BCUT2D eigenvalue weighted by molar-refractivity contribution is 0.0756. The first-order valence-corrected chi connectivity index (χ1v) is 6.72. The van der Waals surface area contributed by atoms with E-state index in [1.54, 1.807) is 0 Å². The van der Waals surface area contributed by atoms with Crippen molar-refractivity contribution in [3.05, 3.63) is 30.3 Å². The number of likely N-dealkylation sites (N-methyl/N-ethyl adjacent to an activating group) is 1. The monoisotopic (exact) mass is 263 g/mol. The van der Waals surface area contributed by atoms with Crippen LogP contribution in [0.3, 0.4) is 0 Å². The average molecular weight is 263 g/mol. The van der Waals surface area contributed by atoms with Gasteiger partial charge in [-0.3, -0.25) is 4.90 Å². The number of nitrogens with zero attached hydrogens (tertiary/aromatic N) is 2. The maximum absolute atomic E-state index is 5.49. The van der Waals surface area contributed by atoms with Crippen molar-refractivity contribution in [1.29, 1.82) is 0 Å². The molecule has 98 valence electrons. The van der Waals surface area contributed by atoms with E-state index in [0.29, 0.717) is 0 Å². The number of benzene rings is 1. The number of nitrogens with one attached hydrogen (secondary N) is 1. The lowest BCUT2D eigenvalue weighted by Crippen LogP contribution is -2.59. The molecule has 1 N–H and O–H groups in total. The molecule has 0 aliphatic carbocycles. The van der Waals surface area contributed by atoms with Gasteiger partial charge in [-0.05, 0) is 45.2 Å². The van der Waals surface area contributed by atoms with Gasteiger partial charge >= 0.3 is 0 Å². The van der Waals surface area contributed by atoms with E-state index in [9.17, 15) is 0 Å². The molecule has 0 radical (unpaired) electrons. The van der Waals surface area contributed by atoms with Gasteiger partial charge in [-0.2, -0.15) is 0 Å². The molecule has 3 nitrogen and oxygen atoms in total. The van der Waals surface area contributed by atoms with Crippen molar-refractivity contribution < 1.29 is 0 Å². The summed E-state index contributed by atoms with van der Waals surface area (Å²) in [5.41, 5.74) is 1.22. The van der Waals surface area contributed by atoms with Crippen LogP contribution >= 0.6 is 12.2 Å². The summed E-state index contributed by atoms with van der Waals surface area (Å²) in [5.74, 6) is 0. The second-order valence-electron chi connectivity index (χ2n) is 5.45. The fraction of sp³-hybridized carbons (Fsp3) is 0.500. The van der Waals surface area contributed by atoms with Crippen LogP contribution in [0.25, 0.3) is 0 Å². The summed E-state index contributed by atoms with van der Waals surface area (Å²) in [6.07, 6.45) is 0. The Hall–Kier alpha value is -1.13. The van der Waals surface area contributed by atoms with Gasteiger partial charge in [-0.25, -0.2) is 0 Å². The number of hydrogen-bond donors (Lipinski definition) is 1. The van der Waals surface area contributed by atoms with Crippen LogP contribution in [0, 0.1) is 0 Å². The van der Waals surface area contributed by atoms with Gasteiger partial charge in [0.05, 0.1) is 0 Å². The van der Waals surface area contributed by atoms with Gasteiger partial charge in [0.1, 0.15) is 0 Å². The van der Waals surface area contributed by atoms with Crippen LogP contribution < -0.4 is 5.32 Å². The van der Waals surface area contributed by atoms with Crippen LogP contribution in [0.5, 0.6) is 0 Å². The summed E-state index contributed by atoms with van der Waals surface area (Å²) in [4.78, 5) is 4.64. The summed E-state index contributed by atoms with van der Waals surface area (Å²) in [5, 5.41) is 4.12. The first-order chi connectivity index (χ1) is 8.49. The summed E-state index contributed by atoms with van der Waals surface area (Å²) in [7, 11) is 2.17. The van der Waals surface area contributed by atoms with Gasteiger partial charge in [-0.1, -0.05) is 18.2 Å². The Bertz CT molecular complexity index is 416. The van der Waals surface area contributed by atoms with E-state index in [2.05, 4.69) is 36.0 Å². The third-order valence-corrected chi connectivity index (χ3v) is 3.99. The first-order valence-electron chi connectivity index (χ1n) is 6.31. The maximum atomic E-state index is 5.49. The smallest absolute Gasteiger partial charge is 0.173 e. The predicted octanol–water partition coefficient (Wildman–Crippen LogP) is 2.41. The minimum absolute atomic E-state index is 0.167. The van der Waals surface area contributed by atoms with E-state index in [0.717, 1.165) is 30.4 Å². The van der Waals surface area contributed by atoms with E-state index < -0.39 is 0 Å². The van der Waals surface area contributed by atoms with E-state index in [-0.39, 0.29) is 5.54 Å². The number of hydrogen-bond acceptors (Lipinski definition) is 2. The molecule has 2 rings (SSSR count). The second-order valence-corrected chi connectivity index (χ2v) is 5.84. The quantitative estimate of drug-likeness (QED) is 0.784. The Morgan fingerprint density at radius 1 is 1.22 bits per heavy atom. The molecule has 4 heteroatoms. The molecule has 1 aliphatic rings. The highest BCUT2D eigenvalue weighted by atomic mass is 32.1. The molecular formula is C14H21N3S. The maximum Gasteiger partial charge on any atom is 0.173 e. The third kappa shape index (κ3) is 3.00. The van der Waals surface area contributed by atoms with Gasteiger partial charge < -0.3 is 10.2 Å². The molecule has 1 saturated heterocycles. The minimum Gasteiger partial charge on any atom is -0.346 e. The van der Waals surface area contributed by atoms with Crippen molar-refractivity contribution in [3.63, 3.8) is 0 Å². The van der Waals surface area contributed by atoms with Gasteiger partial charge in [-0.15, -0.1) is 0 Å². The van der Waals surface area contributed by atoms with E-state index in [4.69, 9.17) is 12.2 Å². The summed E-state index contributed by atoms with van der Waals surface area (Å²) in [6.45, 7) is 7.50. The minimum atomic E-state index is 0.167. The Morgan fingerprint density at radius 3 is 2.50 bits per heavy atom. The Labute approximate surface area is 115 Å². The van der Waals surface area contributed by atoms with E-state index in [1.807, 2.05) is 30.3 Å². The van der Waals surface area contributed by atoms with Crippen molar-refractivity contribution >= 4 is 23.0 Å². The van der Waals surface area contributed by atoms with Crippen LogP contribution in [0.2, 0.25) is 0 Å². The standard InChI is InChI=1S/C14H21N3S/c1-14(2)11-17(10-9-16(14)3)13(18)15-12-7-5-4-6-8-12/h4-8H,9-11H2,1-3H3,(H,15,18). The second kappa shape index (κ2) is 5.24. The fourth-order valence-corrected chi connectivity index (χ4v) is 2.41. The molecular weight excluding hydrogens is 242 g/mol. The molecule has 0 amide bonds. The SMILES string of the molecule is CN1CCN(C(=S)Nc2ccccc2)CC1(C)C. The third-order valence-electron chi connectivity index (χ3n) is 3.63. The number of rotatable bonds is 1. The molecule has 0 aromatic heterocycles. The molecule has 1 aliphatic heterocycles. The van der Waals surface area contributed by atoms with Crippen molar-refractivity contribution in [1.82, 2.24) is 9.80 Å². The molecule has 0 bridgehead atoms. The van der Waals surface area contributed by atoms with Crippen molar-refractivity contribution in [3.8, 4) is 0 Å².